The maximum atomic E-state index is 2.43. The van der Waals surface area contributed by atoms with Crippen LogP contribution in [0.15, 0.2) is 133 Å². The second kappa shape index (κ2) is 8.60. The second-order valence-electron chi connectivity index (χ2n) is 8.63. The van der Waals surface area contributed by atoms with Crippen LogP contribution in [0.4, 0.5) is 0 Å². The molecule has 2 heteroatoms. The van der Waals surface area contributed by atoms with Crippen LogP contribution in [0.3, 0.4) is 0 Å². The van der Waals surface area contributed by atoms with Gasteiger partial charge < -0.3 is 0 Å². The molecule has 160 valence electrons. The van der Waals surface area contributed by atoms with E-state index < -0.39 is 7.26 Å². The van der Waals surface area contributed by atoms with E-state index in [1.54, 1.807) is 0 Å². The first kappa shape index (κ1) is 20.4. The van der Waals surface area contributed by atoms with Crippen molar-refractivity contribution in [3.8, 4) is 0 Å². The first-order valence-corrected chi connectivity index (χ1v) is 14.4. The third-order valence-electron chi connectivity index (χ3n) is 6.67. The van der Waals surface area contributed by atoms with E-state index in [4.69, 9.17) is 0 Å². The van der Waals surface area contributed by atoms with Gasteiger partial charge in [0.05, 0.1) is 0 Å². The van der Waals surface area contributed by atoms with Crippen molar-refractivity contribution in [2.45, 2.75) is 6.16 Å². The Morgan fingerprint density at radius 1 is 0.455 bits per heavy atom. The zero-order chi connectivity index (χ0) is 22.1. The fourth-order valence-electron chi connectivity index (χ4n) is 5.10. The molecule has 0 nitrogen and oxygen atoms in total. The Kier molecular flexibility index (Phi) is 5.30. The molecule has 0 amide bonds. The molecule has 0 fully saturated rings. The van der Waals surface area contributed by atoms with Crippen molar-refractivity contribution in [3.63, 3.8) is 0 Å². The van der Waals surface area contributed by atoms with E-state index in [-0.39, 0.29) is 0 Å². The van der Waals surface area contributed by atoms with Crippen LogP contribution in [0.2, 0.25) is 0 Å². The number of fused-ring (bicyclic) bond motifs is 2. The average molecular weight is 461 g/mol. The van der Waals surface area contributed by atoms with Gasteiger partial charge >= 0.3 is 200 Å². The van der Waals surface area contributed by atoms with E-state index in [1.807, 2.05) is 11.3 Å². The van der Waals surface area contributed by atoms with Crippen molar-refractivity contribution in [3.05, 3.63) is 138 Å². The topological polar surface area (TPSA) is 0 Å². The molecule has 33 heavy (non-hydrogen) atoms. The zero-order valence-electron chi connectivity index (χ0n) is 18.3. The molecule has 0 unspecified atom stereocenters. The summed E-state index contributed by atoms with van der Waals surface area (Å²) in [5.41, 5.74) is 0. The Labute approximate surface area is 199 Å². The predicted molar refractivity (Wildman–Crippen MR) is 150 cm³/mol. The molecule has 0 N–H and O–H groups in total. The Balaban J connectivity index is 1.58. The molecule has 6 rings (SSSR count). The van der Waals surface area contributed by atoms with E-state index in [0.29, 0.717) is 0 Å². The third-order valence-corrected chi connectivity index (χ3v) is 12.9. The van der Waals surface area contributed by atoms with E-state index in [9.17, 15) is 0 Å². The molecule has 0 saturated heterocycles. The Bertz CT molecular complexity index is 1370. The molecule has 6 aromatic rings. The van der Waals surface area contributed by atoms with Gasteiger partial charge in [-0.2, -0.15) is 0 Å². The molecule has 0 spiro atoms. The molecule has 0 bridgehead atoms. The molecule has 0 aliphatic carbocycles. The van der Waals surface area contributed by atoms with Crippen molar-refractivity contribution >= 4 is 55.4 Å². The molecule has 1 aromatic heterocycles. The van der Waals surface area contributed by atoms with E-state index in [2.05, 4.69) is 133 Å². The number of hydrogen-bond donors (Lipinski definition) is 0. The number of thiophene rings is 1. The van der Waals surface area contributed by atoms with Gasteiger partial charge in [-0.05, 0) is 0 Å². The van der Waals surface area contributed by atoms with Crippen molar-refractivity contribution in [1.82, 2.24) is 0 Å². The molecular weight excluding hydrogens is 435 g/mol. The molecule has 0 aliphatic heterocycles. The van der Waals surface area contributed by atoms with Crippen LogP contribution in [0.1, 0.15) is 4.88 Å². The van der Waals surface area contributed by atoms with Crippen molar-refractivity contribution in [2.75, 3.05) is 0 Å². The van der Waals surface area contributed by atoms with Gasteiger partial charge in [-0.15, -0.1) is 0 Å². The minimum atomic E-state index is -2.28. The summed E-state index contributed by atoms with van der Waals surface area (Å²) in [6.07, 6.45) is 1.06. The molecule has 0 aliphatic rings. The van der Waals surface area contributed by atoms with Gasteiger partial charge in [-0.25, -0.2) is 0 Å². The van der Waals surface area contributed by atoms with Gasteiger partial charge in [-0.1, -0.05) is 0 Å². The zero-order valence-corrected chi connectivity index (χ0v) is 20.1. The van der Waals surface area contributed by atoms with Gasteiger partial charge in [0.15, 0.2) is 0 Å². The van der Waals surface area contributed by atoms with Crippen LogP contribution in [0, 0.1) is 0 Å². The SMILES string of the molecule is c1ccc([PH](Cc2cc3cc4ccccc4cc3s2)(c2ccccc2)c2ccccc2)cc1. The predicted octanol–water partition coefficient (Wildman–Crippen LogP) is 7.28. The van der Waals surface area contributed by atoms with E-state index in [1.165, 1.54) is 41.6 Å². The number of hydrogen-bond acceptors (Lipinski definition) is 1. The van der Waals surface area contributed by atoms with Crippen molar-refractivity contribution < 1.29 is 0 Å². The summed E-state index contributed by atoms with van der Waals surface area (Å²) >= 11 is 1.96. The normalized spacial score (nSPS) is 12.2. The molecule has 0 radical (unpaired) electrons. The summed E-state index contributed by atoms with van der Waals surface area (Å²) in [5, 5.41) is 8.37. The van der Waals surface area contributed by atoms with Crippen LogP contribution >= 0.6 is 18.6 Å². The maximum absolute atomic E-state index is 2.43. The van der Waals surface area contributed by atoms with Crippen LogP contribution in [0.5, 0.6) is 0 Å². The fraction of sp³-hybridized carbons (Fsp3) is 0.0323. The van der Waals surface area contributed by atoms with Gasteiger partial charge in [-0.3, -0.25) is 0 Å². The summed E-state index contributed by atoms with van der Waals surface area (Å²) in [7, 11) is -2.28. The van der Waals surface area contributed by atoms with Crippen LogP contribution < -0.4 is 15.9 Å². The van der Waals surface area contributed by atoms with Crippen LogP contribution in [-0.2, 0) is 6.16 Å². The van der Waals surface area contributed by atoms with Gasteiger partial charge in [0.2, 0.25) is 0 Å². The average Bonchev–Trinajstić information content (AvgIpc) is 3.28. The minimum absolute atomic E-state index is 1.06. The fourth-order valence-corrected chi connectivity index (χ4v) is 11.5. The van der Waals surface area contributed by atoms with E-state index >= 15 is 0 Å². The summed E-state index contributed by atoms with van der Waals surface area (Å²) in [6.45, 7) is 0. The van der Waals surface area contributed by atoms with Crippen molar-refractivity contribution in [2.24, 2.45) is 0 Å². The Hall–Kier alpha value is -3.25. The van der Waals surface area contributed by atoms with Gasteiger partial charge in [0.25, 0.3) is 0 Å². The monoisotopic (exact) mass is 460 g/mol. The molecular formula is C31H25PS. The Morgan fingerprint density at radius 3 is 1.42 bits per heavy atom. The first-order valence-electron chi connectivity index (χ1n) is 11.4. The molecule has 0 saturated carbocycles. The van der Waals surface area contributed by atoms with E-state index in [0.717, 1.165) is 6.16 Å². The summed E-state index contributed by atoms with van der Waals surface area (Å²) < 4.78 is 1.38. The van der Waals surface area contributed by atoms with Crippen LogP contribution in [-0.4, -0.2) is 0 Å². The second-order valence-corrected chi connectivity index (χ2v) is 13.7. The first-order chi connectivity index (χ1) is 16.3. The quantitative estimate of drug-likeness (QED) is 0.237. The summed E-state index contributed by atoms with van der Waals surface area (Å²) in [6, 6.07) is 49.4. The van der Waals surface area contributed by atoms with Gasteiger partial charge in [0.1, 0.15) is 0 Å². The summed E-state index contributed by atoms with van der Waals surface area (Å²) in [4.78, 5) is 1.46. The van der Waals surface area contributed by atoms with Gasteiger partial charge in [0, 0.05) is 0 Å². The number of benzene rings is 5. The summed E-state index contributed by atoms with van der Waals surface area (Å²) in [5.74, 6) is 0. The van der Waals surface area contributed by atoms with Crippen LogP contribution in [0.25, 0.3) is 20.9 Å². The molecule has 1 heterocycles. The number of rotatable bonds is 5. The molecule has 5 aromatic carbocycles. The van der Waals surface area contributed by atoms with Crippen molar-refractivity contribution in [1.29, 1.82) is 0 Å². The standard InChI is InChI=1S/C31H25PS/c1-4-14-27(15-5-1)32(28-16-6-2-7-17-28,29-18-8-3-9-19-29)23-30-21-26-20-24-12-10-11-13-25(24)22-31(26)33-30/h1-22,32H,23H2. The Morgan fingerprint density at radius 2 is 0.909 bits per heavy atom. The molecule has 0 atom stereocenters. The third kappa shape index (κ3) is 3.68.